The number of carbonyl (C=O) groups excluding carboxylic acids is 1. The summed E-state index contributed by atoms with van der Waals surface area (Å²) >= 11 is 2.92. The van der Waals surface area contributed by atoms with E-state index in [9.17, 15) is 4.79 Å². The van der Waals surface area contributed by atoms with Gasteiger partial charge in [0.1, 0.15) is 13.1 Å². The number of rotatable bonds is 10. The molecule has 0 radical (unpaired) electrons. The number of anilines is 1. The Bertz CT molecular complexity index is 520. The molecule has 2 heterocycles. The van der Waals surface area contributed by atoms with E-state index in [1.54, 1.807) is 11.0 Å². The number of quaternary nitrogens is 1. The number of hydrogen-bond acceptors (Lipinski definition) is 7. The number of carbonyl (C=O) groups is 1. The van der Waals surface area contributed by atoms with Crippen LogP contribution in [0.4, 0.5) is 5.13 Å². The van der Waals surface area contributed by atoms with Crippen LogP contribution in [-0.4, -0.2) is 67.3 Å². The van der Waals surface area contributed by atoms with Crippen LogP contribution in [0.3, 0.4) is 0 Å². The van der Waals surface area contributed by atoms with E-state index in [1.165, 1.54) is 23.1 Å². The molecule has 1 amide bonds. The smallest absolute Gasteiger partial charge is 0.233 e. The van der Waals surface area contributed by atoms with Crippen molar-refractivity contribution in [3.63, 3.8) is 0 Å². The van der Waals surface area contributed by atoms with Crippen molar-refractivity contribution in [1.82, 2.24) is 15.5 Å². The van der Waals surface area contributed by atoms with E-state index in [4.69, 9.17) is 4.74 Å². The van der Waals surface area contributed by atoms with Gasteiger partial charge in [-0.15, -0.1) is 16.8 Å². The molecule has 0 spiro atoms. The maximum atomic E-state index is 11.8. The average Bonchev–Trinajstić information content (AvgIpc) is 3.04. The summed E-state index contributed by atoms with van der Waals surface area (Å²) in [5, 5.41) is 15.0. The van der Waals surface area contributed by atoms with Gasteiger partial charge in [0.2, 0.25) is 11.0 Å². The minimum absolute atomic E-state index is 0.0157. The van der Waals surface area contributed by atoms with E-state index in [-0.39, 0.29) is 11.2 Å². The molecule has 2 rings (SSSR count). The second-order valence-corrected chi connectivity index (χ2v) is 8.13. The Labute approximate surface area is 151 Å². The fourth-order valence-electron chi connectivity index (χ4n) is 2.29. The Morgan fingerprint density at radius 1 is 1.50 bits per heavy atom. The van der Waals surface area contributed by atoms with Crippen molar-refractivity contribution in [3.05, 3.63) is 12.7 Å². The van der Waals surface area contributed by atoms with Crippen LogP contribution in [0.5, 0.6) is 0 Å². The standard InChI is InChI=1S/C15H25N5O2S2/c1-3-5-16-13(21)12(2)23-15-19-18-14(24-15)17-6-4-7-20-8-10-22-11-9-20/h3,12H,1,4-11H2,2H3,(H,16,21)(H,17,18)/p+1/t12-/m1/s1. The van der Waals surface area contributed by atoms with Crippen molar-refractivity contribution in [3.8, 4) is 0 Å². The lowest BCUT2D eigenvalue weighted by atomic mass is 10.3. The third-order valence-electron chi connectivity index (χ3n) is 3.66. The van der Waals surface area contributed by atoms with Crippen LogP contribution < -0.4 is 15.5 Å². The first-order valence-electron chi connectivity index (χ1n) is 8.23. The van der Waals surface area contributed by atoms with Gasteiger partial charge < -0.3 is 20.3 Å². The van der Waals surface area contributed by atoms with Crippen LogP contribution in [0.1, 0.15) is 13.3 Å². The first kappa shape index (κ1) is 19.2. The second kappa shape index (κ2) is 10.7. The Kier molecular flexibility index (Phi) is 8.51. The number of ether oxygens (including phenoxy) is 1. The Hall–Kier alpha value is -1.16. The van der Waals surface area contributed by atoms with E-state index >= 15 is 0 Å². The number of nitrogens with one attached hydrogen (secondary N) is 3. The summed E-state index contributed by atoms with van der Waals surface area (Å²) in [4.78, 5) is 13.4. The zero-order valence-electron chi connectivity index (χ0n) is 14.0. The van der Waals surface area contributed by atoms with Gasteiger partial charge in [-0.3, -0.25) is 4.79 Å². The summed E-state index contributed by atoms with van der Waals surface area (Å²) in [6.07, 6.45) is 2.76. The molecule has 1 fully saturated rings. The topological polar surface area (TPSA) is 80.6 Å². The highest BCUT2D eigenvalue weighted by atomic mass is 32.2. The van der Waals surface area contributed by atoms with Crippen molar-refractivity contribution < 1.29 is 14.4 Å². The molecule has 1 aliphatic rings. The van der Waals surface area contributed by atoms with Crippen LogP contribution >= 0.6 is 23.1 Å². The predicted molar refractivity (Wildman–Crippen MR) is 97.9 cm³/mol. The van der Waals surface area contributed by atoms with Gasteiger partial charge in [-0.1, -0.05) is 29.2 Å². The third kappa shape index (κ3) is 6.76. The SMILES string of the molecule is C=CCNC(=O)[C@@H](C)Sc1nnc(NCCC[NH+]2CCOCC2)s1. The summed E-state index contributed by atoms with van der Waals surface area (Å²) in [5.74, 6) is -0.0157. The zero-order valence-corrected chi connectivity index (χ0v) is 15.7. The monoisotopic (exact) mass is 372 g/mol. The predicted octanol–water partition coefficient (Wildman–Crippen LogP) is 0.0380. The summed E-state index contributed by atoms with van der Waals surface area (Å²) in [5.41, 5.74) is 0. The second-order valence-electron chi connectivity index (χ2n) is 5.56. The summed E-state index contributed by atoms with van der Waals surface area (Å²) in [7, 11) is 0. The van der Waals surface area contributed by atoms with Crippen LogP contribution in [-0.2, 0) is 9.53 Å². The molecule has 1 saturated heterocycles. The van der Waals surface area contributed by atoms with Gasteiger partial charge in [-0.2, -0.15) is 0 Å². The maximum Gasteiger partial charge on any atom is 0.233 e. The van der Waals surface area contributed by atoms with Crippen molar-refractivity contribution in [1.29, 1.82) is 0 Å². The van der Waals surface area contributed by atoms with E-state index in [2.05, 4.69) is 27.4 Å². The molecule has 0 bridgehead atoms. The molecule has 0 saturated carbocycles. The molecular formula is C15H26N5O2S2+. The molecule has 9 heteroatoms. The maximum absolute atomic E-state index is 11.8. The molecule has 134 valence electrons. The minimum atomic E-state index is -0.198. The van der Waals surface area contributed by atoms with Gasteiger partial charge in [0.25, 0.3) is 0 Å². The Morgan fingerprint density at radius 3 is 3.04 bits per heavy atom. The number of aromatic nitrogens is 2. The Balaban J connectivity index is 1.64. The first-order valence-corrected chi connectivity index (χ1v) is 9.92. The largest absolute Gasteiger partial charge is 0.370 e. The third-order valence-corrected chi connectivity index (χ3v) is 5.72. The fourth-order valence-corrected chi connectivity index (χ4v) is 4.24. The van der Waals surface area contributed by atoms with E-state index in [0.717, 1.165) is 55.3 Å². The number of morpholine rings is 1. The first-order chi connectivity index (χ1) is 11.7. The van der Waals surface area contributed by atoms with Crippen LogP contribution in [0.2, 0.25) is 0 Å². The summed E-state index contributed by atoms with van der Waals surface area (Å²) in [6.45, 7) is 11.9. The molecule has 1 atom stereocenters. The van der Waals surface area contributed by atoms with Gasteiger partial charge in [-0.05, 0) is 6.92 Å². The van der Waals surface area contributed by atoms with Gasteiger partial charge in [0.05, 0.1) is 25.0 Å². The van der Waals surface area contributed by atoms with Crippen molar-refractivity contribution in [2.45, 2.75) is 22.9 Å². The zero-order chi connectivity index (χ0) is 17.2. The average molecular weight is 373 g/mol. The quantitative estimate of drug-likeness (QED) is 0.306. The van der Waals surface area contributed by atoms with E-state index in [0.29, 0.717) is 6.54 Å². The van der Waals surface area contributed by atoms with E-state index < -0.39 is 0 Å². The molecule has 7 nitrogen and oxygen atoms in total. The Morgan fingerprint density at radius 2 is 2.29 bits per heavy atom. The van der Waals surface area contributed by atoms with Crippen LogP contribution in [0.25, 0.3) is 0 Å². The number of amides is 1. The highest BCUT2D eigenvalue weighted by Crippen LogP contribution is 2.28. The summed E-state index contributed by atoms with van der Waals surface area (Å²) in [6, 6.07) is 0. The molecule has 0 unspecified atom stereocenters. The molecule has 0 aromatic carbocycles. The minimum Gasteiger partial charge on any atom is -0.370 e. The lowest BCUT2D eigenvalue weighted by Crippen LogP contribution is -3.14. The molecule has 3 N–H and O–H groups in total. The number of thioether (sulfide) groups is 1. The normalized spacial score (nSPS) is 16.5. The van der Waals surface area contributed by atoms with Crippen molar-refractivity contribution >= 4 is 34.1 Å². The number of nitrogens with zero attached hydrogens (tertiary/aromatic N) is 2. The lowest BCUT2D eigenvalue weighted by Gasteiger charge is -2.23. The highest BCUT2D eigenvalue weighted by Gasteiger charge is 2.16. The summed E-state index contributed by atoms with van der Waals surface area (Å²) < 4.78 is 6.16. The van der Waals surface area contributed by atoms with Crippen molar-refractivity contribution in [2.24, 2.45) is 0 Å². The van der Waals surface area contributed by atoms with Crippen molar-refractivity contribution in [2.75, 3.05) is 51.3 Å². The van der Waals surface area contributed by atoms with Crippen LogP contribution in [0.15, 0.2) is 17.0 Å². The van der Waals surface area contributed by atoms with Gasteiger partial charge in [0, 0.05) is 19.5 Å². The molecule has 1 aromatic heterocycles. The van der Waals surface area contributed by atoms with Gasteiger partial charge in [0.15, 0.2) is 4.34 Å². The van der Waals surface area contributed by atoms with Gasteiger partial charge in [-0.25, -0.2) is 0 Å². The highest BCUT2D eigenvalue weighted by molar-refractivity contribution is 8.02. The lowest BCUT2D eigenvalue weighted by molar-refractivity contribution is -0.908. The molecular weight excluding hydrogens is 346 g/mol. The molecule has 0 aliphatic carbocycles. The van der Waals surface area contributed by atoms with Gasteiger partial charge >= 0.3 is 0 Å². The molecule has 24 heavy (non-hydrogen) atoms. The van der Waals surface area contributed by atoms with E-state index in [1.807, 2.05) is 6.92 Å². The molecule has 1 aromatic rings. The van der Waals surface area contributed by atoms with Crippen LogP contribution in [0, 0.1) is 0 Å². The fraction of sp³-hybridized carbons (Fsp3) is 0.667. The number of hydrogen-bond donors (Lipinski definition) is 3. The molecule has 1 aliphatic heterocycles.